The van der Waals surface area contributed by atoms with Gasteiger partial charge in [-0.15, -0.1) is 0 Å². The Hall–Kier alpha value is -4.00. The molecule has 5 rings (SSSR count). The van der Waals surface area contributed by atoms with Gasteiger partial charge in [0.2, 0.25) is 5.95 Å². The Morgan fingerprint density at radius 1 is 0.857 bits per heavy atom. The van der Waals surface area contributed by atoms with E-state index >= 15 is 0 Å². The first kappa shape index (κ1) is 16.2. The third-order valence-corrected chi connectivity index (χ3v) is 4.91. The molecular formula is C21H15N5O2. The fourth-order valence-corrected chi connectivity index (χ4v) is 3.61. The minimum Gasteiger partial charge on any atom is -0.368 e. The first-order valence-corrected chi connectivity index (χ1v) is 8.75. The maximum Gasteiger partial charge on any atom is 0.263 e. The molecule has 0 radical (unpaired) electrons. The van der Waals surface area contributed by atoms with Gasteiger partial charge in [0, 0.05) is 23.3 Å². The number of carbonyl (C=O) groups is 2. The average molecular weight is 369 g/mol. The molecule has 4 aromatic rings. The summed E-state index contributed by atoms with van der Waals surface area (Å²) >= 11 is 0. The van der Waals surface area contributed by atoms with Crippen molar-refractivity contribution in [2.24, 2.45) is 0 Å². The van der Waals surface area contributed by atoms with Gasteiger partial charge < -0.3 is 10.3 Å². The normalized spacial score (nSPS) is 13.4. The molecule has 0 aliphatic carbocycles. The number of fused-ring (bicyclic) bond motifs is 2. The smallest absolute Gasteiger partial charge is 0.263 e. The molecule has 2 amide bonds. The van der Waals surface area contributed by atoms with Crippen molar-refractivity contribution in [1.82, 2.24) is 19.4 Å². The van der Waals surface area contributed by atoms with E-state index < -0.39 is 0 Å². The molecule has 2 aromatic carbocycles. The fourth-order valence-electron chi connectivity index (χ4n) is 3.61. The summed E-state index contributed by atoms with van der Waals surface area (Å²) < 4.78 is 1.88. The van der Waals surface area contributed by atoms with Crippen molar-refractivity contribution in [2.75, 3.05) is 5.73 Å². The van der Waals surface area contributed by atoms with E-state index in [4.69, 9.17) is 5.73 Å². The summed E-state index contributed by atoms with van der Waals surface area (Å²) in [4.78, 5) is 35.0. The summed E-state index contributed by atoms with van der Waals surface area (Å²) in [7, 11) is 0. The molecule has 1 aliphatic heterocycles. The van der Waals surface area contributed by atoms with E-state index in [0.29, 0.717) is 16.8 Å². The second kappa shape index (κ2) is 6.02. The lowest BCUT2D eigenvalue weighted by atomic mass is 10.1. The van der Waals surface area contributed by atoms with Crippen LogP contribution in [0, 0.1) is 0 Å². The van der Waals surface area contributed by atoms with Crippen LogP contribution >= 0.6 is 0 Å². The van der Waals surface area contributed by atoms with Gasteiger partial charge in [0.25, 0.3) is 11.8 Å². The van der Waals surface area contributed by atoms with Crippen molar-refractivity contribution < 1.29 is 9.59 Å². The second-order valence-electron chi connectivity index (χ2n) is 6.56. The highest BCUT2D eigenvalue weighted by molar-refractivity contribution is 6.21. The lowest BCUT2D eigenvalue weighted by Crippen LogP contribution is -2.31. The predicted molar refractivity (Wildman–Crippen MR) is 104 cm³/mol. The minimum atomic E-state index is -0.286. The lowest BCUT2D eigenvalue weighted by molar-refractivity contribution is 0.0609. The van der Waals surface area contributed by atoms with Crippen LogP contribution in [0.25, 0.3) is 22.2 Å². The molecular weight excluding hydrogens is 354 g/mol. The number of nitrogen functional groups attached to an aromatic ring is 1. The van der Waals surface area contributed by atoms with Gasteiger partial charge in [0.05, 0.1) is 22.3 Å². The van der Waals surface area contributed by atoms with Crippen molar-refractivity contribution in [3.8, 4) is 11.3 Å². The monoisotopic (exact) mass is 369 g/mol. The number of rotatable bonds is 3. The third kappa shape index (κ3) is 2.37. The number of amides is 2. The maximum absolute atomic E-state index is 12.7. The predicted octanol–water partition coefficient (Wildman–Crippen LogP) is 2.93. The number of carbonyl (C=O) groups excluding carboxylic acids is 2. The molecule has 3 heterocycles. The second-order valence-corrected chi connectivity index (χ2v) is 6.56. The van der Waals surface area contributed by atoms with E-state index in [1.165, 1.54) is 4.90 Å². The molecule has 7 heteroatoms. The van der Waals surface area contributed by atoms with Gasteiger partial charge >= 0.3 is 0 Å². The van der Waals surface area contributed by atoms with E-state index in [9.17, 15) is 9.59 Å². The summed E-state index contributed by atoms with van der Waals surface area (Å²) in [6, 6.07) is 16.4. The van der Waals surface area contributed by atoms with Crippen LogP contribution in [0.15, 0.2) is 67.0 Å². The third-order valence-electron chi connectivity index (χ3n) is 4.91. The Morgan fingerprint density at radius 2 is 1.54 bits per heavy atom. The average Bonchev–Trinajstić information content (AvgIpc) is 3.20. The summed E-state index contributed by atoms with van der Waals surface area (Å²) in [5, 5.41) is 0.956. The van der Waals surface area contributed by atoms with Crippen LogP contribution in [0.2, 0.25) is 0 Å². The van der Waals surface area contributed by atoms with Crippen LogP contribution in [0.3, 0.4) is 0 Å². The Bertz CT molecular complexity index is 1230. The van der Waals surface area contributed by atoms with Crippen LogP contribution in [0.4, 0.5) is 5.95 Å². The van der Waals surface area contributed by atoms with Crippen molar-refractivity contribution in [1.29, 1.82) is 0 Å². The van der Waals surface area contributed by atoms with Gasteiger partial charge in [-0.3, -0.25) is 14.5 Å². The highest BCUT2D eigenvalue weighted by Gasteiger charge is 2.35. The quantitative estimate of drug-likeness (QED) is 0.560. The van der Waals surface area contributed by atoms with Crippen LogP contribution in [0.5, 0.6) is 0 Å². The van der Waals surface area contributed by atoms with E-state index in [2.05, 4.69) is 9.97 Å². The number of aromatic nitrogens is 3. The molecule has 28 heavy (non-hydrogen) atoms. The fraction of sp³-hybridized carbons (Fsp3) is 0.0476. The minimum absolute atomic E-state index is 0.118. The zero-order valence-electron chi connectivity index (χ0n) is 14.7. The van der Waals surface area contributed by atoms with Gasteiger partial charge in [-0.2, -0.15) is 0 Å². The number of hydrogen-bond donors (Lipinski definition) is 1. The van der Waals surface area contributed by atoms with Crippen LogP contribution < -0.4 is 5.73 Å². The lowest BCUT2D eigenvalue weighted by Gasteiger charge is -2.15. The summed E-state index contributed by atoms with van der Waals surface area (Å²) in [5.74, 6) is -0.382. The van der Waals surface area contributed by atoms with Crippen LogP contribution in [-0.2, 0) is 6.67 Å². The molecule has 2 N–H and O–H groups in total. The van der Waals surface area contributed by atoms with Gasteiger partial charge in [-0.25, -0.2) is 9.97 Å². The molecule has 2 aromatic heterocycles. The summed E-state index contributed by atoms with van der Waals surface area (Å²) in [6.07, 6.45) is 3.49. The Balaban J connectivity index is 1.60. The van der Waals surface area contributed by atoms with E-state index in [1.807, 2.05) is 35.0 Å². The maximum atomic E-state index is 12.7. The number of nitrogens with two attached hydrogens (primary N) is 1. The molecule has 0 bridgehead atoms. The number of nitrogens with zero attached hydrogens (tertiary/aromatic N) is 4. The number of imide groups is 1. The molecule has 0 spiro atoms. The topological polar surface area (TPSA) is 94.1 Å². The molecule has 7 nitrogen and oxygen atoms in total. The number of para-hydroxylation sites is 1. The van der Waals surface area contributed by atoms with Gasteiger partial charge in [0.15, 0.2) is 0 Å². The van der Waals surface area contributed by atoms with Gasteiger partial charge in [-0.05, 0) is 24.3 Å². The van der Waals surface area contributed by atoms with Crippen molar-refractivity contribution in [3.05, 3.63) is 78.1 Å². The van der Waals surface area contributed by atoms with Crippen molar-refractivity contribution in [2.45, 2.75) is 6.67 Å². The molecule has 0 atom stereocenters. The highest BCUT2D eigenvalue weighted by Crippen LogP contribution is 2.31. The van der Waals surface area contributed by atoms with Crippen LogP contribution in [0.1, 0.15) is 20.7 Å². The standard InChI is InChI=1S/C21H15N5O2/c22-21-23-10-9-17(24-21)16-11-25(18-8-4-3-5-13(16)18)12-26-19(27)14-6-1-2-7-15(14)20(26)28/h1-11H,12H2,(H2,22,23,24). The first-order valence-electron chi connectivity index (χ1n) is 8.75. The van der Waals surface area contributed by atoms with Crippen molar-refractivity contribution in [3.63, 3.8) is 0 Å². The zero-order chi connectivity index (χ0) is 19.3. The van der Waals surface area contributed by atoms with E-state index in [0.717, 1.165) is 16.5 Å². The number of anilines is 1. The van der Waals surface area contributed by atoms with Gasteiger partial charge in [0.1, 0.15) is 6.67 Å². The summed E-state index contributed by atoms with van der Waals surface area (Å²) in [6.45, 7) is 0.118. The number of benzene rings is 2. The Kier molecular flexibility index (Phi) is 3.48. The first-order chi connectivity index (χ1) is 13.6. The van der Waals surface area contributed by atoms with E-state index in [1.54, 1.807) is 36.5 Å². The molecule has 1 aliphatic rings. The Labute approximate surface area is 160 Å². The zero-order valence-corrected chi connectivity index (χ0v) is 14.7. The molecule has 0 unspecified atom stereocenters. The molecule has 0 saturated carbocycles. The van der Waals surface area contributed by atoms with Crippen LogP contribution in [-0.4, -0.2) is 31.2 Å². The van der Waals surface area contributed by atoms with E-state index in [-0.39, 0.29) is 24.4 Å². The molecule has 0 fully saturated rings. The molecule has 136 valence electrons. The SMILES string of the molecule is Nc1nccc(-c2cn(CN3C(=O)c4ccccc4C3=O)c3ccccc23)n1. The molecule has 0 saturated heterocycles. The largest absolute Gasteiger partial charge is 0.368 e. The van der Waals surface area contributed by atoms with Gasteiger partial charge in [-0.1, -0.05) is 30.3 Å². The highest BCUT2D eigenvalue weighted by atomic mass is 16.2. The summed E-state index contributed by atoms with van der Waals surface area (Å²) in [5.41, 5.74) is 9.05. The Morgan fingerprint density at radius 3 is 2.25 bits per heavy atom. The number of hydrogen-bond acceptors (Lipinski definition) is 5. The van der Waals surface area contributed by atoms with Crippen molar-refractivity contribution >= 4 is 28.7 Å².